The van der Waals surface area contributed by atoms with E-state index >= 15 is 0 Å². The van der Waals surface area contributed by atoms with Gasteiger partial charge in [-0.05, 0) is 80.2 Å². The van der Waals surface area contributed by atoms with Gasteiger partial charge in [-0.3, -0.25) is 4.79 Å². The second kappa shape index (κ2) is 26.4. The molecule has 0 saturated carbocycles. The number of aliphatic hydroxyl groups is 1. The van der Waals surface area contributed by atoms with Crippen molar-refractivity contribution in [1.29, 1.82) is 0 Å². The number of benzene rings is 2. The average Bonchev–Trinajstić information content (AvgIpc) is 3.17. The van der Waals surface area contributed by atoms with E-state index in [-0.39, 0.29) is 25.5 Å². The zero-order valence-corrected chi connectivity index (χ0v) is 31.4. The molecule has 288 valence electrons. The van der Waals surface area contributed by atoms with Crippen molar-refractivity contribution in [2.75, 3.05) is 67.5 Å². The van der Waals surface area contributed by atoms with Gasteiger partial charge >= 0.3 is 0 Å². The Morgan fingerprint density at radius 3 is 2.33 bits per heavy atom. The Hall–Kier alpha value is -4.39. The topological polar surface area (TPSA) is 139 Å². The fraction of sp³-hybridized carbons (Fsp3) is 0.525. The van der Waals surface area contributed by atoms with Crippen molar-refractivity contribution >= 4 is 5.91 Å². The van der Waals surface area contributed by atoms with Crippen molar-refractivity contribution in [3.05, 3.63) is 105 Å². The summed E-state index contributed by atoms with van der Waals surface area (Å²) in [5, 5.41) is 18.4. The van der Waals surface area contributed by atoms with Crippen molar-refractivity contribution in [1.82, 2.24) is 4.90 Å². The molecule has 2 aromatic carbocycles. The first-order chi connectivity index (χ1) is 25.2. The Morgan fingerprint density at radius 1 is 0.962 bits per heavy atom. The van der Waals surface area contributed by atoms with Crippen molar-refractivity contribution in [2.45, 2.75) is 70.8 Å². The van der Waals surface area contributed by atoms with Crippen LogP contribution in [-0.2, 0) is 36.9 Å². The van der Waals surface area contributed by atoms with Crippen LogP contribution in [0.5, 0.6) is 11.5 Å². The molecular weight excluding hydrogens is 668 g/mol. The van der Waals surface area contributed by atoms with E-state index in [4.69, 9.17) is 28.8 Å². The summed E-state index contributed by atoms with van der Waals surface area (Å²) in [5.41, 5.74) is 4.45. The number of aryl methyl sites for hydroxylation is 1. The summed E-state index contributed by atoms with van der Waals surface area (Å²) >= 11 is 0. The van der Waals surface area contributed by atoms with Gasteiger partial charge in [0.15, 0.2) is 0 Å². The number of carbonyl (C=O) groups excluding carboxylic acids is 1. The third-order valence-corrected chi connectivity index (χ3v) is 8.60. The van der Waals surface area contributed by atoms with Crippen LogP contribution in [0.25, 0.3) is 0 Å². The first-order valence-electron chi connectivity index (χ1n) is 17.9. The Bertz CT molecular complexity index is 1360. The number of amides is 1. The molecule has 0 aromatic heterocycles. The van der Waals surface area contributed by atoms with Gasteiger partial charge in [0.25, 0.3) is 5.09 Å². The monoisotopic (exact) mass is 726 g/mol. The van der Waals surface area contributed by atoms with Crippen LogP contribution in [0, 0.1) is 10.1 Å². The van der Waals surface area contributed by atoms with Gasteiger partial charge in [-0.25, -0.2) is 0 Å². The molecule has 0 bridgehead atoms. The molecule has 2 aromatic rings. The fourth-order valence-electron chi connectivity index (χ4n) is 5.55. The number of allylic oxidation sites excluding steroid dienone is 3. The maximum Gasteiger partial charge on any atom is 0.294 e. The van der Waals surface area contributed by atoms with E-state index in [1.807, 2.05) is 24.0 Å². The summed E-state index contributed by atoms with van der Waals surface area (Å²) in [6.07, 6.45) is 12.0. The van der Waals surface area contributed by atoms with Gasteiger partial charge in [0, 0.05) is 57.9 Å². The van der Waals surface area contributed by atoms with Gasteiger partial charge in [0.2, 0.25) is 5.91 Å². The Kier molecular flexibility index (Phi) is 22.2. The molecule has 3 rings (SSSR count). The summed E-state index contributed by atoms with van der Waals surface area (Å²) in [6, 6.07) is 14.3. The van der Waals surface area contributed by atoms with Gasteiger partial charge in [0.1, 0.15) is 11.5 Å². The standard InChI is InChI=1S/C28H40N2O6.C12H18O4/c1-4-5-10-27(23(2)34-3)22-35-20-7-6-9-24-12-14-25(15-13-24)26-16-18-29(19-17-26)28(31)11-8-21-36-30(32)33;1-14-4-3-5-16-12-7-10(9-13)6-11(8-12)15-2/h4-5,10,12-15,26H,1,6-9,11,16-22H2,2-3H3;6-8,13H,3-5,9H2,1-2H3/b10-5-,27-23-;. The number of hydrogen-bond donors (Lipinski definition) is 1. The maximum atomic E-state index is 12.3. The van der Waals surface area contributed by atoms with Crippen LogP contribution in [0.2, 0.25) is 0 Å². The highest BCUT2D eigenvalue weighted by molar-refractivity contribution is 5.76. The molecule has 1 saturated heterocycles. The third-order valence-electron chi connectivity index (χ3n) is 8.60. The molecule has 0 unspecified atom stereocenters. The Morgan fingerprint density at radius 2 is 1.69 bits per heavy atom. The highest BCUT2D eigenvalue weighted by Gasteiger charge is 2.23. The second-order valence-electron chi connectivity index (χ2n) is 12.3. The van der Waals surface area contributed by atoms with Crippen LogP contribution >= 0.6 is 0 Å². The van der Waals surface area contributed by atoms with Gasteiger partial charge in [-0.2, -0.15) is 0 Å². The number of rotatable bonds is 23. The van der Waals surface area contributed by atoms with E-state index in [1.165, 1.54) is 11.1 Å². The first-order valence-corrected chi connectivity index (χ1v) is 17.9. The molecule has 52 heavy (non-hydrogen) atoms. The van der Waals surface area contributed by atoms with E-state index < -0.39 is 5.09 Å². The highest BCUT2D eigenvalue weighted by Crippen LogP contribution is 2.29. The number of aliphatic hydroxyl groups excluding tert-OH is 1. The average molecular weight is 727 g/mol. The van der Waals surface area contributed by atoms with E-state index in [0.29, 0.717) is 50.3 Å². The predicted molar refractivity (Wildman–Crippen MR) is 201 cm³/mol. The third kappa shape index (κ3) is 17.7. The molecular formula is C40H58N2O10. The molecule has 0 spiro atoms. The van der Waals surface area contributed by atoms with E-state index in [0.717, 1.165) is 68.5 Å². The van der Waals surface area contributed by atoms with Crippen LogP contribution < -0.4 is 9.47 Å². The quantitative estimate of drug-likeness (QED) is 0.0419. The second-order valence-corrected chi connectivity index (χ2v) is 12.3. The lowest BCUT2D eigenvalue weighted by Gasteiger charge is -2.32. The van der Waals surface area contributed by atoms with Crippen molar-refractivity contribution in [2.24, 2.45) is 0 Å². The lowest BCUT2D eigenvalue weighted by atomic mass is 9.88. The molecule has 1 aliphatic rings. The van der Waals surface area contributed by atoms with Crippen molar-refractivity contribution < 1.29 is 43.5 Å². The van der Waals surface area contributed by atoms with Crippen molar-refractivity contribution in [3.8, 4) is 11.5 Å². The predicted octanol–water partition coefficient (Wildman–Crippen LogP) is 6.99. The highest BCUT2D eigenvalue weighted by atomic mass is 16.9. The molecule has 1 aliphatic heterocycles. The molecule has 0 radical (unpaired) electrons. The largest absolute Gasteiger partial charge is 0.501 e. The van der Waals surface area contributed by atoms with Gasteiger partial charge in [-0.15, -0.1) is 10.1 Å². The fourth-order valence-corrected chi connectivity index (χ4v) is 5.55. The summed E-state index contributed by atoms with van der Waals surface area (Å²) in [5.74, 6) is 2.76. The number of nitrogens with zero attached hydrogens (tertiary/aromatic N) is 2. The number of ether oxygens (including phenoxy) is 5. The minimum Gasteiger partial charge on any atom is -0.501 e. The van der Waals surface area contributed by atoms with Crippen LogP contribution in [-0.4, -0.2) is 88.5 Å². The summed E-state index contributed by atoms with van der Waals surface area (Å²) < 4.78 is 26.7. The number of unbranched alkanes of at least 4 members (excludes halogenated alkanes) is 1. The smallest absolute Gasteiger partial charge is 0.294 e. The molecule has 1 N–H and O–H groups in total. The molecule has 1 amide bonds. The summed E-state index contributed by atoms with van der Waals surface area (Å²) in [7, 11) is 4.91. The normalized spacial score (nSPS) is 13.5. The minimum absolute atomic E-state index is 0.0222. The van der Waals surface area contributed by atoms with E-state index in [1.54, 1.807) is 45.6 Å². The van der Waals surface area contributed by atoms with E-state index in [9.17, 15) is 14.9 Å². The Labute approximate surface area is 309 Å². The van der Waals surface area contributed by atoms with E-state index in [2.05, 4.69) is 35.7 Å². The van der Waals surface area contributed by atoms with Crippen LogP contribution in [0.1, 0.15) is 74.5 Å². The minimum atomic E-state index is -0.820. The molecule has 0 aliphatic carbocycles. The zero-order valence-electron chi connectivity index (χ0n) is 31.4. The summed E-state index contributed by atoms with van der Waals surface area (Å²) in [4.78, 5) is 28.6. The van der Waals surface area contributed by atoms with Gasteiger partial charge in [-0.1, -0.05) is 49.1 Å². The number of carbonyl (C=O) groups is 1. The number of methoxy groups -OCH3 is 3. The Balaban J connectivity index is 0.000000487. The molecule has 1 fully saturated rings. The molecule has 0 atom stereocenters. The molecule has 1 heterocycles. The lowest BCUT2D eigenvalue weighted by Crippen LogP contribution is -2.37. The zero-order chi connectivity index (χ0) is 38.0. The lowest BCUT2D eigenvalue weighted by molar-refractivity contribution is -0.757. The van der Waals surface area contributed by atoms with Crippen LogP contribution in [0.15, 0.2) is 78.6 Å². The first kappa shape index (κ1) is 43.8. The number of likely N-dealkylation sites (tertiary alicyclic amines) is 1. The van der Waals surface area contributed by atoms with Gasteiger partial charge < -0.3 is 38.5 Å². The SMILES string of the molecule is C=C/C=C\C(COCCCCc1ccc(C2CCN(C(=O)CCCO[N+](=O)[O-])CC2)cc1)=C(/C)OC.COCCCOc1cc(CO)cc(OC)c1. The van der Waals surface area contributed by atoms with Crippen molar-refractivity contribution in [3.63, 3.8) is 0 Å². The molecule has 12 heteroatoms. The maximum absolute atomic E-state index is 12.3. The number of hydrogen-bond acceptors (Lipinski definition) is 10. The number of piperidine rings is 1. The van der Waals surface area contributed by atoms with Gasteiger partial charge in [0.05, 0.1) is 46.4 Å². The summed E-state index contributed by atoms with van der Waals surface area (Å²) in [6.45, 7) is 9.53. The van der Waals surface area contributed by atoms with Crippen LogP contribution in [0.4, 0.5) is 0 Å². The molecule has 12 nitrogen and oxygen atoms in total. The van der Waals surface area contributed by atoms with Crippen LogP contribution in [0.3, 0.4) is 0 Å².